The molecule has 4 aromatic rings. The van der Waals surface area contributed by atoms with E-state index in [4.69, 9.17) is 0 Å². The Balaban J connectivity index is 1.27. The van der Waals surface area contributed by atoms with E-state index < -0.39 is 27.2 Å². The highest BCUT2D eigenvalue weighted by Crippen LogP contribution is 2.35. The summed E-state index contributed by atoms with van der Waals surface area (Å²) in [5, 5.41) is 23.7. The molecule has 2 saturated carbocycles. The molecule has 3 N–H and O–H groups in total. The van der Waals surface area contributed by atoms with Crippen molar-refractivity contribution in [2.45, 2.75) is 68.6 Å². The predicted octanol–water partition coefficient (Wildman–Crippen LogP) is 4.26. The molecule has 2 fully saturated rings. The minimum Gasteiger partial charge on any atom is -0.390 e. The van der Waals surface area contributed by atoms with Crippen LogP contribution in [-0.2, 0) is 16.3 Å². The van der Waals surface area contributed by atoms with E-state index in [-0.39, 0.29) is 39.4 Å². The van der Waals surface area contributed by atoms with E-state index in [1.807, 2.05) is 6.92 Å². The monoisotopic (exact) mass is 603 g/mol. The second kappa shape index (κ2) is 10.3. The average molecular weight is 604 g/mol. The molecule has 0 amide bonds. The van der Waals surface area contributed by atoms with Crippen molar-refractivity contribution in [3.63, 3.8) is 0 Å². The summed E-state index contributed by atoms with van der Waals surface area (Å²) in [5.74, 6) is 0.294. The lowest BCUT2D eigenvalue weighted by molar-refractivity contribution is -0.212. The van der Waals surface area contributed by atoms with Gasteiger partial charge in [-0.15, -0.1) is 13.2 Å². The van der Waals surface area contributed by atoms with Crippen molar-refractivity contribution >= 4 is 27.2 Å². The molecule has 0 atom stereocenters. The Morgan fingerprint density at radius 2 is 1.81 bits per heavy atom. The van der Waals surface area contributed by atoms with Crippen LogP contribution in [0.3, 0.4) is 0 Å². The first-order valence-electron chi connectivity index (χ1n) is 13.4. The summed E-state index contributed by atoms with van der Waals surface area (Å²) in [7, 11) is -3.58. The lowest BCUT2D eigenvalue weighted by Crippen LogP contribution is -2.35. The first-order chi connectivity index (χ1) is 19.9. The second-order valence-electron chi connectivity index (χ2n) is 10.9. The van der Waals surface area contributed by atoms with E-state index >= 15 is 0 Å². The molecule has 0 spiro atoms. The summed E-state index contributed by atoms with van der Waals surface area (Å²) < 4.78 is 66.8. The number of anilines is 3. The van der Waals surface area contributed by atoms with E-state index in [1.165, 1.54) is 30.9 Å². The summed E-state index contributed by atoms with van der Waals surface area (Å²) in [4.78, 5) is 12.8. The van der Waals surface area contributed by atoms with Crippen LogP contribution < -0.4 is 10.6 Å². The van der Waals surface area contributed by atoms with Crippen LogP contribution in [0, 0.1) is 0 Å². The predicted molar refractivity (Wildman–Crippen MR) is 147 cm³/mol. The van der Waals surface area contributed by atoms with Gasteiger partial charge in [0.25, 0.3) is 10.0 Å². The molecule has 0 saturated heterocycles. The first kappa shape index (κ1) is 28.1. The van der Waals surface area contributed by atoms with Gasteiger partial charge in [-0.3, -0.25) is 4.98 Å². The normalized spacial score (nSPS) is 21.3. The van der Waals surface area contributed by atoms with Crippen LogP contribution >= 0.6 is 0 Å². The third kappa shape index (κ3) is 5.94. The van der Waals surface area contributed by atoms with Crippen LogP contribution in [0.1, 0.15) is 45.4 Å². The molecule has 2 aliphatic carbocycles. The lowest BCUT2D eigenvalue weighted by atomic mass is 9.83. The Bertz CT molecular complexity index is 1700. The van der Waals surface area contributed by atoms with E-state index in [1.54, 1.807) is 12.1 Å². The molecule has 0 radical (unpaired) electrons. The quantitative estimate of drug-likeness (QED) is 0.266. The van der Waals surface area contributed by atoms with E-state index in [9.17, 15) is 26.7 Å². The third-order valence-corrected chi connectivity index (χ3v) is 9.39. The molecule has 4 heterocycles. The third-order valence-electron chi connectivity index (χ3n) is 7.35. The number of pyridine rings is 1. The van der Waals surface area contributed by atoms with Gasteiger partial charge in [-0.2, -0.15) is 19.0 Å². The fourth-order valence-electron chi connectivity index (χ4n) is 4.84. The van der Waals surface area contributed by atoms with Crippen LogP contribution in [0.15, 0.2) is 49.2 Å². The van der Waals surface area contributed by atoms with Crippen molar-refractivity contribution in [2.75, 3.05) is 10.6 Å². The standard InChI is InChI=1S/C26H28F3N9O3S/c1-25(39)8-4-17(5-9-25)33-18-6-10-30-20(12-18)23-21(15-37(36-23)26(27,28)29)34-22-7-11-31-24(35-22)16-13-32-38(14-16)42(40,41)19-2-3-19/h6-7,10-15,17,19,39H,2-5,8-9H2,1H3,(H,30,33)(H,31,34,35). The van der Waals surface area contributed by atoms with Gasteiger partial charge in [0.05, 0.1) is 46.4 Å². The average Bonchev–Trinajstić information content (AvgIpc) is 3.53. The number of nitrogens with one attached hydrogen (secondary N) is 2. The smallest absolute Gasteiger partial charge is 0.390 e. The van der Waals surface area contributed by atoms with Crippen molar-refractivity contribution in [1.82, 2.24) is 33.9 Å². The molecule has 16 heteroatoms. The van der Waals surface area contributed by atoms with Gasteiger partial charge in [-0.25, -0.2) is 18.4 Å². The van der Waals surface area contributed by atoms with Crippen LogP contribution in [-0.4, -0.2) is 64.3 Å². The van der Waals surface area contributed by atoms with Crippen LogP contribution in [0.4, 0.5) is 30.4 Å². The molecule has 0 bridgehead atoms. The Hall–Kier alpha value is -4.05. The van der Waals surface area contributed by atoms with Crippen LogP contribution in [0.2, 0.25) is 0 Å². The van der Waals surface area contributed by atoms with Gasteiger partial charge in [0.1, 0.15) is 11.5 Å². The summed E-state index contributed by atoms with van der Waals surface area (Å²) in [6.45, 7) is 1.81. The fraction of sp³-hybridized carbons (Fsp3) is 0.423. The molecule has 0 aromatic carbocycles. The van der Waals surface area contributed by atoms with Crippen molar-refractivity contribution in [3.05, 3.63) is 49.2 Å². The summed E-state index contributed by atoms with van der Waals surface area (Å²) in [6.07, 6.45) is 5.51. The maximum Gasteiger partial charge on any atom is 0.504 e. The molecule has 0 aliphatic heterocycles. The highest BCUT2D eigenvalue weighted by Gasteiger charge is 2.38. The van der Waals surface area contributed by atoms with Gasteiger partial charge in [-0.05, 0) is 63.6 Å². The minimum atomic E-state index is -4.78. The van der Waals surface area contributed by atoms with Gasteiger partial charge in [0.2, 0.25) is 0 Å². The van der Waals surface area contributed by atoms with Crippen molar-refractivity contribution in [2.24, 2.45) is 0 Å². The van der Waals surface area contributed by atoms with Crippen LogP contribution in [0.25, 0.3) is 22.8 Å². The maximum atomic E-state index is 13.7. The topological polar surface area (TPSA) is 153 Å². The van der Waals surface area contributed by atoms with Crippen molar-refractivity contribution in [1.29, 1.82) is 0 Å². The Labute approximate surface area is 239 Å². The fourth-order valence-corrected chi connectivity index (χ4v) is 6.31. The molecule has 12 nitrogen and oxygen atoms in total. The van der Waals surface area contributed by atoms with Gasteiger partial charge >= 0.3 is 6.30 Å². The maximum absolute atomic E-state index is 13.7. The number of alkyl halides is 3. The highest BCUT2D eigenvalue weighted by molar-refractivity contribution is 7.90. The van der Waals surface area contributed by atoms with E-state index in [0.717, 1.165) is 23.1 Å². The Morgan fingerprint density at radius 1 is 1.07 bits per heavy atom. The zero-order valence-corrected chi connectivity index (χ0v) is 23.3. The van der Waals surface area contributed by atoms with Gasteiger partial charge in [-0.1, -0.05) is 0 Å². The van der Waals surface area contributed by atoms with Crippen LogP contribution in [0.5, 0.6) is 0 Å². The summed E-state index contributed by atoms with van der Waals surface area (Å²) >= 11 is 0. The molecule has 0 unspecified atom stereocenters. The van der Waals surface area contributed by atoms with E-state index in [0.29, 0.717) is 36.9 Å². The summed E-state index contributed by atoms with van der Waals surface area (Å²) in [5.41, 5.74) is 0.463. The second-order valence-corrected chi connectivity index (χ2v) is 13.0. The largest absolute Gasteiger partial charge is 0.504 e. The number of halogens is 3. The minimum absolute atomic E-state index is 0.00217. The summed E-state index contributed by atoms with van der Waals surface area (Å²) in [6, 6.07) is 4.92. The molecule has 42 heavy (non-hydrogen) atoms. The molecular formula is C26H28F3N9O3S. The Morgan fingerprint density at radius 3 is 2.52 bits per heavy atom. The number of hydrogen-bond donors (Lipinski definition) is 3. The number of aliphatic hydroxyl groups is 1. The molecule has 222 valence electrons. The number of nitrogens with zero attached hydrogens (tertiary/aromatic N) is 7. The SMILES string of the molecule is CC1(O)CCC(Nc2ccnc(-c3nn(C(F)(F)F)cc3Nc3ccnc(-c4cnn(S(=O)(=O)C5CC5)c4)n3)c2)CC1. The Kier molecular flexibility index (Phi) is 6.92. The first-order valence-corrected chi connectivity index (χ1v) is 14.9. The highest BCUT2D eigenvalue weighted by atomic mass is 32.2. The number of rotatable bonds is 8. The molecule has 4 aromatic heterocycles. The lowest BCUT2D eigenvalue weighted by Gasteiger charge is -2.33. The number of hydrogen-bond acceptors (Lipinski definition) is 10. The molecular weight excluding hydrogens is 575 g/mol. The number of aromatic nitrogens is 7. The molecule has 6 rings (SSSR count). The van der Waals surface area contributed by atoms with E-state index in [2.05, 4.69) is 35.8 Å². The zero-order chi connectivity index (χ0) is 29.7. The van der Waals surface area contributed by atoms with Crippen molar-refractivity contribution < 1.29 is 26.7 Å². The molecule has 2 aliphatic rings. The van der Waals surface area contributed by atoms with Gasteiger partial charge < -0.3 is 15.7 Å². The van der Waals surface area contributed by atoms with Gasteiger partial charge in [0, 0.05) is 24.1 Å². The van der Waals surface area contributed by atoms with Crippen molar-refractivity contribution in [3.8, 4) is 22.8 Å². The zero-order valence-electron chi connectivity index (χ0n) is 22.5. The van der Waals surface area contributed by atoms with Gasteiger partial charge in [0.15, 0.2) is 5.82 Å².